The summed E-state index contributed by atoms with van der Waals surface area (Å²) >= 11 is 1.85. The zero-order chi connectivity index (χ0) is 36.3. The van der Waals surface area contributed by atoms with E-state index in [-0.39, 0.29) is 0 Å². The highest BCUT2D eigenvalue weighted by Gasteiger charge is 2.16. The van der Waals surface area contributed by atoms with Crippen molar-refractivity contribution >= 4 is 81.3 Å². The SMILES string of the molecule is c1cc(-c2ccc(N(c3ccc(-c4ccc5oc6ccccc6c5c4)cc3)c3ccc4c(c3)sc3ccccc34)cc2)cc(-c2cccc3ccccc23)c1. The Labute approximate surface area is 322 Å². The molecule has 0 N–H and O–H groups in total. The van der Waals surface area contributed by atoms with Gasteiger partial charge in [0.1, 0.15) is 11.2 Å². The molecule has 11 aromatic rings. The molecule has 0 amide bonds. The Bertz CT molecular complexity index is 3200. The number of para-hydroxylation sites is 1. The van der Waals surface area contributed by atoms with Crippen molar-refractivity contribution in [1.29, 1.82) is 0 Å². The first kappa shape index (κ1) is 31.6. The molecular formula is C52H33NOS. The highest BCUT2D eigenvalue weighted by atomic mass is 32.1. The second-order valence-corrected chi connectivity index (χ2v) is 15.2. The van der Waals surface area contributed by atoms with E-state index in [0.29, 0.717) is 0 Å². The lowest BCUT2D eigenvalue weighted by molar-refractivity contribution is 0.669. The molecule has 0 unspecified atom stereocenters. The average Bonchev–Trinajstić information content (AvgIpc) is 3.82. The van der Waals surface area contributed by atoms with E-state index in [2.05, 4.69) is 193 Å². The monoisotopic (exact) mass is 719 g/mol. The molecule has 0 bridgehead atoms. The van der Waals surface area contributed by atoms with Crippen LogP contribution < -0.4 is 4.90 Å². The third-order valence-corrected chi connectivity index (χ3v) is 12.0. The highest BCUT2D eigenvalue weighted by Crippen LogP contribution is 2.42. The summed E-state index contributed by atoms with van der Waals surface area (Å²) in [5.74, 6) is 0. The van der Waals surface area contributed by atoms with Crippen molar-refractivity contribution in [2.24, 2.45) is 0 Å². The number of hydrogen-bond donors (Lipinski definition) is 0. The number of benzene rings is 9. The number of hydrogen-bond acceptors (Lipinski definition) is 3. The molecule has 0 aliphatic carbocycles. The van der Waals surface area contributed by atoms with Gasteiger partial charge in [-0.2, -0.15) is 0 Å². The van der Waals surface area contributed by atoms with Gasteiger partial charge >= 0.3 is 0 Å². The van der Waals surface area contributed by atoms with Gasteiger partial charge in [-0.1, -0.05) is 133 Å². The minimum atomic E-state index is 0.910. The maximum Gasteiger partial charge on any atom is 0.135 e. The lowest BCUT2D eigenvalue weighted by atomic mass is 9.95. The molecule has 0 aliphatic heterocycles. The van der Waals surface area contributed by atoms with E-state index in [1.54, 1.807) is 0 Å². The van der Waals surface area contributed by atoms with Gasteiger partial charge in [0.05, 0.1) is 0 Å². The van der Waals surface area contributed by atoms with E-state index < -0.39 is 0 Å². The first-order valence-electron chi connectivity index (χ1n) is 18.7. The molecule has 258 valence electrons. The highest BCUT2D eigenvalue weighted by molar-refractivity contribution is 7.25. The summed E-state index contributed by atoms with van der Waals surface area (Å²) in [6.45, 7) is 0. The zero-order valence-electron chi connectivity index (χ0n) is 29.8. The van der Waals surface area contributed by atoms with Crippen LogP contribution in [0.1, 0.15) is 0 Å². The topological polar surface area (TPSA) is 16.4 Å². The minimum absolute atomic E-state index is 0.910. The van der Waals surface area contributed by atoms with Crippen molar-refractivity contribution in [1.82, 2.24) is 0 Å². The fourth-order valence-electron chi connectivity index (χ4n) is 8.16. The molecule has 0 fully saturated rings. The Morgan fingerprint density at radius 3 is 1.73 bits per heavy atom. The van der Waals surface area contributed by atoms with E-state index in [9.17, 15) is 0 Å². The van der Waals surface area contributed by atoms with E-state index in [4.69, 9.17) is 4.42 Å². The molecule has 55 heavy (non-hydrogen) atoms. The van der Waals surface area contributed by atoms with Crippen LogP contribution in [0.4, 0.5) is 17.1 Å². The summed E-state index contributed by atoms with van der Waals surface area (Å²) in [6, 6.07) is 72.3. The maximum atomic E-state index is 6.11. The second kappa shape index (κ2) is 12.9. The number of fused-ring (bicyclic) bond motifs is 7. The summed E-state index contributed by atoms with van der Waals surface area (Å²) < 4.78 is 8.70. The number of nitrogens with zero attached hydrogens (tertiary/aromatic N) is 1. The van der Waals surface area contributed by atoms with Gasteiger partial charge in [0, 0.05) is 48.0 Å². The third-order valence-electron chi connectivity index (χ3n) is 10.9. The van der Waals surface area contributed by atoms with Crippen LogP contribution in [0.25, 0.3) is 86.3 Å². The number of furan rings is 1. The Morgan fingerprint density at radius 1 is 0.327 bits per heavy atom. The van der Waals surface area contributed by atoms with Gasteiger partial charge < -0.3 is 9.32 Å². The molecule has 2 aromatic heterocycles. The lowest BCUT2D eigenvalue weighted by Crippen LogP contribution is -2.09. The predicted molar refractivity (Wildman–Crippen MR) is 235 cm³/mol. The molecule has 3 heteroatoms. The molecule has 0 atom stereocenters. The molecule has 2 heterocycles. The van der Waals surface area contributed by atoms with Gasteiger partial charge in [-0.05, 0) is 111 Å². The second-order valence-electron chi connectivity index (χ2n) is 14.1. The van der Waals surface area contributed by atoms with Crippen molar-refractivity contribution in [3.8, 4) is 33.4 Å². The largest absolute Gasteiger partial charge is 0.456 e. The quantitative estimate of drug-likeness (QED) is 0.170. The van der Waals surface area contributed by atoms with Crippen molar-refractivity contribution in [3.63, 3.8) is 0 Å². The van der Waals surface area contributed by atoms with Crippen LogP contribution in [0.5, 0.6) is 0 Å². The van der Waals surface area contributed by atoms with Crippen LogP contribution in [0.3, 0.4) is 0 Å². The number of anilines is 3. The third kappa shape index (κ3) is 5.48. The van der Waals surface area contributed by atoms with Crippen LogP contribution in [-0.4, -0.2) is 0 Å². The van der Waals surface area contributed by atoms with E-state index >= 15 is 0 Å². The van der Waals surface area contributed by atoms with Gasteiger partial charge in [0.15, 0.2) is 0 Å². The first-order valence-corrected chi connectivity index (χ1v) is 19.5. The van der Waals surface area contributed by atoms with Gasteiger partial charge in [0.2, 0.25) is 0 Å². The Hall–Kier alpha value is -6.94. The fourth-order valence-corrected chi connectivity index (χ4v) is 9.29. The van der Waals surface area contributed by atoms with Gasteiger partial charge in [-0.25, -0.2) is 0 Å². The minimum Gasteiger partial charge on any atom is -0.456 e. The van der Waals surface area contributed by atoms with Crippen LogP contribution in [0, 0.1) is 0 Å². The fraction of sp³-hybridized carbons (Fsp3) is 0. The van der Waals surface area contributed by atoms with Crippen LogP contribution in [0.2, 0.25) is 0 Å². The average molecular weight is 720 g/mol. The van der Waals surface area contributed by atoms with Crippen molar-refractivity contribution in [2.75, 3.05) is 4.90 Å². The number of rotatable bonds is 6. The Morgan fingerprint density at radius 2 is 0.909 bits per heavy atom. The molecule has 0 saturated carbocycles. The van der Waals surface area contributed by atoms with Gasteiger partial charge in [-0.15, -0.1) is 11.3 Å². The molecule has 0 aliphatic rings. The molecule has 2 nitrogen and oxygen atoms in total. The lowest BCUT2D eigenvalue weighted by Gasteiger charge is -2.26. The van der Waals surface area contributed by atoms with Crippen molar-refractivity contribution < 1.29 is 4.42 Å². The Kier molecular flexibility index (Phi) is 7.39. The maximum absolute atomic E-state index is 6.11. The normalized spacial score (nSPS) is 11.6. The molecule has 11 rings (SSSR count). The van der Waals surface area contributed by atoms with E-state index in [1.165, 1.54) is 58.8 Å². The summed E-state index contributed by atoms with van der Waals surface area (Å²) in [5.41, 5.74) is 12.3. The standard InChI is InChI=1S/C52H33NOS/c1-2-13-43-36(9-1)10-8-16-44(43)39-12-7-11-37(31-39)34-19-24-40(25-20-34)53(42-28-29-47-46-15-4-6-18-51(46)55-52(47)33-42)41-26-21-35(22-27-41)38-23-30-50-48(32-38)45-14-3-5-17-49(45)54-50/h1-33H. The zero-order valence-corrected chi connectivity index (χ0v) is 30.6. The first-order chi connectivity index (χ1) is 27.2. The van der Waals surface area contributed by atoms with Gasteiger partial charge in [0.25, 0.3) is 0 Å². The van der Waals surface area contributed by atoms with Crippen LogP contribution in [-0.2, 0) is 0 Å². The van der Waals surface area contributed by atoms with Crippen molar-refractivity contribution in [2.45, 2.75) is 0 Å². The molecule has 0 radical (unpaired) electrons. The van der Waals surface area contributed by atoms with E-state index in [1.807, 2.05) is 23.5 Å². The molecule has 0 spiro atoms. The summed E-state index contributed by atoms with van der Waals surface area (Å²) in [5, 5.41) is 7.40. The number of thiophene rings is 1. The van der Waals surface area contributed by atoms with Gasteiger partial charge in [-0.3, -0.25) is 0 Å². The van der Waals surface area contributed by atoms with E-state index in [0.717, 1.165) is 44.6 Å². The summed E-state index contributed by atoms with van der Waals surface area (Å²) in [7, 11) is 0. The predicted octanol–water partition coefficient (Wildman–Crippen LogP) is 15.6. The van der Waals surface area contributed by atoms with Crippen LogP contribution >= 0.6 is 11.3 Å². The summed E-state index contributed by atoms with van der Waals surface area (Å²) in [4.78, 5) is 2.37. The molecule has 0 saturated heterocycles. The van der Waals surface area contributed by atoms with Crippen LogP contribution in [0.15, 0.2) is 205 Å². The van der Waals surface area contributed by atoms with Crippen molar-refractivity contribution in [3.05, 3.63) is 200 Å². The smallest absolute Gasteiger partial charge is 0.135 e. The molecular weight excluding hydrogens is 687 g/mol. The summed E-state index contributed by atoms with van der Waals surface area (Å²) in [6.07, 6.45) is 0. The molecule has 9 aromatic carbocycles. The Balaban J connectivity index is 0.984.